The first kappa shape index (κ1) is 23.8. The first-order valence-corrected chi connectivity index (χ1v) is 12.3. The molecule has 0 unspecified atom stereocenters. The number of benzene rings is 2. The van der Waals surface area contributed by atoms with Crippen LogP contribution in [0.15, 0.2) is 48.5 Å². The van der Waals surface area contributed by atoms with Gasteiger partial charge in [-0.25, -0.2) is 0 Å². The lowest BCUT2D eigenvalue weighted by molar-refractivity contribution is -0.114. The van der Waals surface area contributed by atoms with Gasteiger partial charge >= 0.3 is 0 Å². The highest BCUT2D eigenvalue weighted by Gasteiger charge is 2.22. The van der Waals surface area contributed by atoms with Gasteiger partial charge in [0, 0.05) is 48.7 Å². The van der Waals surface area contributed by atoms with Crippen LogP contribution in [0.1, 0.15) is 59.7 Å². The van der Waals surface area contributed by atoms with Crippen molar-refractivity contribution in [3.8, 4) is 0 Å². The highest BCUT2D eigenvalue weighted by molar-refractivity contribution is 5.98. The van der Waals surface area contributed by atoms with Crippen LogP contribution in [0.2, 0.25) is 0 Å². The molecule has 0 aliphatic carbocycles. The second-order valence-corrected chi connectivity index (χ2v) is 9.39. The largest absolute Gasteiger partial charge is 0.376 e. The van der Waals surface area contributed by atoms with Crippen molar-refractivity contribution in [2.75, 3.05) is 43.4 Å². The summed E-state index contributed by atoms with van der Waals surface area (Å²) in [6.45, 7) is 5.44. The molecule has 180 valence electrons. The summed E-state index contributed by atoms with van der Waals surface area (Å²) < 4.78 is 0. The molecular formula is C27H34N4O3. The maximum absolute atomic E-state index is 12.8. The summed E-state index contributed by atoms with van der Waals surface area (Å²) in [6, 6.07) is 14.4. The quantitative estimate of drug-likeness (QED) is 0.673. The van der Waals surface area contributed by atoms with Gasteiger partial charge in [0.25, 0.3) is 11.8 Å². The fourth-order valence-electron chi connectivity index (χ4n) is 4.55. The molecule has 2 heterocycles. The van der Waals surface area contributed by atoms with Gasteiger partial charge in [0.15, 0.2) is 0 Å². The van der Waals surface area contributed by atoms with E-state index in [-0.39, 0.29) is 24.3 Å². The molecule has 7 nitrogen and oxygen atoms in total. The van der Waals surface area contributed by atoms with Gasteiger partial charge in [-0.3, -0.25) is 14.4 Å². The van der Waals surface area contributed by atoms with E-state index in [4.69, 9.17) is 0 Å². The van der Waals surface area contributed by atoms with Gasteiger partial charge in [-0.2, -0.15) is 0 Å². The Balaban J connectivity index is 1.31. The predicted octanol–water partition coefficient (Wildman–Crippen LogP) is 4.24. The minimum Gasteiger partial charge on any atom is -0.376 e. The Kier molecular flexibility index (Phi) is 7.83. The average Bonchev–Trinajstić information content (AvgIpc) is 2.88. The normalized spacial score (nSPS) is 16.7. The van der Waals surface area contributed by atoms with E-state index >= 15 is 0 Å². The molecule has 2 aliphatic heterocycles. The molecule has 2 aliphatic rings. The maximum Gasteiger partial charge on any atom is 0.253 e. The maximum atomic E-state index is 12.8. The Morgan fingerprint density at radius 1 is 0.794 bits per heavy atom. The number of anilines is 2. The lowest BCUT2D eigenvalue weighted by atomic mass is 9.98. The van der Waals surface area contributed by atoms with E-state index in [0.717, 1.165) is 57.5 Å². The van der Waals surface area contributed by atoms with E-state index in [9.17, 15) is 14.4 Å². The molecule has 2 saturated heterocycles. The van der Waals surface area contributed by atoms with E-state index in [1.807, 2.05) is 28.0 Å². The van der Waals surface area contributed by atoms with Crippen LogP contribution < -0.4 is 10.6 Å². The topological polar surface area (TPSA) is 81.8 Å². The van der Waals surface area contributed by atoms with Crippen molar-refractivity contribution in [1.82, 2.24) is 9.80 Å². The molecule has 2 N–H and O–H groups in total. The highest BCUT2D eigenvalue weighted by Crippen LogP contribution is 2.20. The number of carbonyl (C=O) groups excluding carboxylic acids is 3. The third-order valence-electron chi connectivity index (χ3n) is 6.67. The Bertz CT molecular complexity index is 1020. The van der Waals surface area contributed by atoms with E-state index in [1.54, 1.807) is 30.3 Å². The zero-order chi connectivity index (χ0) is 23.9. The molecule has 0 spiro atoms. The number of piperidine rings is 2. The number of hydrogen-bond acceptors (Lipinski definition) is 4. The van der Waals surface area contributed by atoms with Crippen LogP contribution in [0.3, 0.4) is 0 Å². The third kappa shape index (κ3) is 6.16. The molecule has 0 bridgehead atoms. The van der Waals surface area contributed by atoms with Crippen molar-refractivity contribution in [1.29, 1.82) is 0 Å². The van der Waals surface area contributed by atoms with E-state index < -0.39 is 0 Å². The first-order chi connectivity index (χ1) is 16.5. The minimum atomic E-state index is -0.218. The van der Waals surface area contributed by atoms with E-state index in [2.05, 4.69) is 17.6 Å². The average molecular weight is 463 g/mol. The molecular weight excluding hydrogens is 428 g/mol. The fraction of sp³-hybridized carbons (Fsp3) is 0.444. The number of nitrogens with one attached hydrogen (secondary N) is 2. The Labute approximate surface area is 201 Å². The van der Waals surface area contributed by atoms with Gasteiger partial charge < -0.3 is 20.4 Å². The third-order valence-corrected chi connectivity index (χ3v) is 6.67. The highest BCUT2D eigenvalue weighted by atomic mass is 16.2. The van der Waals surface area contributed by atoms with Crippen LogP contribution in [0.5, 0.6) is 0 Å². The monoisotopic (exact) mass is 462 g/mol. The number of hydrogen-bond donors (Lipinski definition) is 2. The van der Waals surface area contributed by atoms with Crippen LogP contribution in [0, 0.1) is 5.92 Å². The summed E-state index contributed by atoms with van der Waals surface area (Å²) in [4.78, 5) is 41.9. The van der Waals surface area contributed by atoms with Crippen molar-refractivity contribution in [3.63, 3.8) is 0 Å². The van der Waals surface area contributed by atoms with Crippen molar-refractivity contribution < 1.29 is 14.4 Å². The van der Waals surface area contributed by atoms with Crippen molar-refractivity contribution >= 4 is 29.1 Å². The van der Waals surface area contributed by atoms with Gasteiger partial charge in [-0.05, 0) is 74.4 Å². The molecule has 0 aromatic heterocycles. The lowest BCUT2D eigenvalue weighted by Gasteiger charge is -2.30. The SMILES string of the molecule is CC1CCN(C(=O)c2cccc(NC(=O)CNc3cccc(C(=O)N4CCCCC4)c3)c2)CC1. The number of rotatable bonds is 6. The molecule has 2 aromatic rings. The lowest BCUT2D eigenvalue weighted by Crippen LogP contribution is -2.37. The van der Waals surface area contributed by atoms with E-state index in [1.165, 1.54) is 6.42 Å². The number of likely N-dealkylation sites (tertiary alicyclic amines) is 2. The van der Waals surface area contributed by atoms with Crippen molar-refractivity contribution in [2.45, 2.75) is 39.0 Å². The molecule has 2 fully saturated rings. The minimum absolute atomic E-state index is 0.0105. The molecule has 0 saturated carbocycles. The summed E-state index contributed by atoms with van der Waals surface area (Å²) in [5, 5.41) is 5.96. The van der Waals surface area contributed by atoms with Gasteiger partial charge in [0.2, 0.25) is 5.91 Å². The molecule has 4 rings (SSSR count). The van der Waals surface area contributed by atoms with Crippen LogP contribution in [0.4, 0.5) is 11.4 Å². The van der Waals surface area contributed by atoms with Gasteiger partial charge in [0.1, 0.15) is 0 Å². The smallest absolute Gasteiger partial charge is 0.253 e. The molecule has 3 amide bonds. The second kappa shape index (κ2) is 11.2. The standard InChI is InChI=1S/C27H34N4O3/c1-20-11-15-31(16-12-20)27(34)22-8-6-10-24(18-22)29-25(32)19-28-23-9-5-7-21(17-23)26(33)30-13-3-2-4-14-30/h5-10,17-18,20,28H,2-4,11-16,19H2,1H3,(H,29,32). The van der Waals surface area contributed by atoms with Crippen LogP contribution in [-0.2, 0) is 4.79 Å². The first-order valence-electron chi connectivity index (χ1n) is 12.3. The fourth-order valence-corrected chi connectivity index (χ4v) is 4.55. The summed E-state index contributed by atoms with van der Waals surface area (Å²) >= 11 is 0. The van der Waals surface area contributed by atoms with Crippen LogP contribution in [0.25, 0.3) is 0 Å². The summed E-state index contributed by atoms with van der Waals surface area (Å²) in [5.41, 5.74) is 2.54. The number of carbonyl (C=O) groups is 3. The van der Waals surface area contributed by atoms with Crippen LogP contribution in [-0.4, -0.2) is 60.2 Å². The molecule has 34 heavy (non-hydrogen) atoms. The van der Waals surface area contributed by atoms with Crippen molar-refractivity contribution in [2.24, 2.45) is 5.92 Å². The summed E-state index contributed by atoms with van der Waals surface area (Å²) in [5.74, 6) is 0.490. The Morgan fingerprint density at radius 3 is 2.00 bits per heavy atom. The van der Waals surface area contributed by atoms with Gasteiger partial charge in [0.05, 0.1) is 6.54 Å². The number of nitrogens with zero attached hydrogens (tertiary/aromatic N) is 2. The van der Waals surface area contributed by atoms with Crippen LogP contribution >= 0.6 is 0 Å². The molecule has 2 aromatic carbocycles. The van der Waals surface area contributed by atoms with E-state index in [0.29, 0.717) is 22.7 Å². The molecule has 0 atom stereocenters. The van der Waals surface area contributed by atoms with Gasteiger partial charge in [-0.1, -0.05) is 19.1 Å². The van der Waals surface area contributed by atoms with Crippen molar-refractivity contribution in [3.05, 3.63) is 59.7 Å². The summed E-state index contributed by atoms with van der Waals surface area (Å²) in [7, 11) is 0. The molecule has 7 heteroatoms. The second-order valence-electron chi connectivity index (χ2n) is 9.39. The zero-order valence-corrected chi connectivity index (χ0v) is 19.9. The zero-order valence-electron chi connectivity index (χ0n) is 19.9. The molecule has 0 radical (unpaired) electrons. The number of amides is 3. The Hall–Kier alpha value is -3.35. The Morgan fingerprint density at radius 2 is 1.35 bits per heavy atom. The van der Waals surface area contributed by atoms with Gasteiger partial charge in [-0.15, -0.1) is 0 Å². The predicted molar refractivity (Wildman–Crippen MR) is 134 cm³/mol. The summed E-state index contributed by atoms with van der Waals surface area (Å²) in [6.07, 6.45) is 5.33.